The van der Waals surface area contributed by atoms with Gasteiger partial charge in [-0.1, -0.05) is 30.3 Å². The van der Waals surface area contributed by atoms with Crippen molar-refractivity contribution >= 4 is 46.4 Å². The van der Waals surface area contributed by atoms with Gasteiger partial charge in [0.2, 0.25) is 17.7 Å². The topological polar surface area (TPSA) is 220 Å². The molecule has 18 heteroatoms. The minimum Gasteiger partial charge on any atom is -0.490 e. The molecule has 344 valence electrons. The molecule has 5 heterocycles. The van der Waals surface area contributed by atoms with Crippen molar-refractivity contribution in [2.24, 2.45) is 0 Å². The van der Waals surface area contributed by atoms with Gasteiger partial charge in [-0.15, -0.1) is 0 Å². The van der Waals surface area contributed by atoms with E-state index < -0.39 is 29.7 Å². The minimum absolute atomic E-state index is 0.0296. The Kier molecular flexibility index (Phi) is 15.0. The number of nitrogens with two attached hydrogens (primary N) is 1. The van der Waals surface area contributed by atoms with Gasteiger partial charge in [0.1, 0.15) is 47.7 Å². The first-order chi connectivity index (χ1) is 32.3. The van der Waals surface area contributed by atoms with Crippen LogP contribution in [0, 0.1) is 0 Å². The van der Waals surface area contributed by atoms with Crippen LogP contribution in [-0.2, 0) is 28.6 Å². The Hall–Kier alpha value is -7.02. The van der Waals surface area contributed by atoms with Crippen LogP contribution in [0.5, 0.6) is 17.2 Å². The molecular formula is C48H52N8O10. The monoisotopic (exact) mass is 900 g/mol. The molecule has 3 aromatic carbocycles. The SMILES string of the molecule is Nc1ncnc2c1c(-c1ccc(Oc3ccccc3)cc1)nn2C1CCCN(C(=O)/C=C/CCCCOCCOCCOCCOc2cccc3c2C(=O)N(C2CCC(=O)NC2=O)C3=O)C1. The number of nitrogens with one attached hydrogen (secondary N) is 1. The maximum absolute atomic E-state index is 13.3. The quantitative estimate of drug-likeness (QED) is 0.0544. The number of hydrogen-bond acceptors (Lipinski definition) is 14. The van der Waals surface area contributed by atoms with Crippen LogP contribution in [0.2, 0.25) is 0 Å². The van der Waals surface area contributed by atoms with E-state index in [2.05, 4.69) is 15.3 Å². The molecule has 18 nitrogen and oxygen atoms in total. The fourth-order valence-electron chi connectivity index (χ4n) is 8.22. The smallest absolute Gasteiger partial charge is 0.266 e. The average molecular weight is 901 g/mol. The van der Waals surface area contributed by atoms with Crippen molar-refractivity contribution in [1.82, 2.24) is 34.9 Å². The number of carbonyl (C=O) groups is 5. The third-order valence-electron chi connectivity index (χ3n) is 11.5. The molecule has 2 saturated heterocycles. The van der Waals surface area contributed by atoms with Crippen LogP contribution in [-0.4, -0.2) is 124 Å². The van der Waals surface area contributed by atoms with Crippen molar-refractivity contribution in [3.63, 3.8) is 0 Å². The van der Waals surface area contributed by atoms with Crippen molar-refractivity contribution in [1.29, 1.82) is 0 Å². The molecule has 0 saturated carbocycles. The number of nitrogens with zero attached hydrogens (tertiary/aromatic N) is 6. The highest BCUT2D eigenvalue weighted by molar-refractivity contribution is 6.24. The largest absolute Gasteiger partial charge is 0.490 e. The van der Waals surface area contributed by atoms with E-state index in [4.69, 9.17) is 34.5 Å². The van der Waals surface area contributed by atoms with E-state index in [9.17, 15) is 24.0 Å². The van der Waals surface area contributed by atoms with Gasteiger partial charge in [-0.3, -0.25) is 34.2 Å². The number of carbonyl (C=O) groups excluding carboxylic acids is 5. The molecule has 5 aromatic rings. The zero-order valence-corrected chi connectivity index (χ0v) is 36.5. The number of piperidine rings is 2. The number of unbranched alkanes of at least 4 members (excludes halogenated alkanes) is 2. The lowest BCUT2D eigenvalue weighted by Gasteiger charge is -2.32. The number of nitrogen functional groups attached to an aromatic ring is 1. The fraction of sp³-hybridized carbons (Fsp3) is 0.375. The van der Waals surface area contributed by atoms with Crippen LogP contribution in [0.3, 0.4) is 0 Å². The summed E-state index contributed by atoms with van der Waals surface area (Å²) >= 11 is 0. The number of para-hydroxylation sites is 1. The average Bonchev–Trinajstić information content (AvgIpc) is 3.85. The van der Waals surface area contributed by atoms with Gasteiger partial charge >= 0.3 is 0 Å². The molecule has 3 N–H and O–H groups in total. The first-order valence-electron chi connectivity index (χ1n) is 22.2. The number of aromatic nitrogens is 4. The molecule has 3 aliphatic rings. The van der Waals surface area contributed by atoms with Gasteiger partial charge in [-0.2, -0.15) is 5.10 Å². The molecule has 8 rings (SSSR count). The molecule has 0 bridgehead atoms. The van der Waals surface area contributed by atoms with Gasteiger partial charge in [0.05, 0.1) is 55.6 Å². The van der Waals surface area contributed by atoms with Crippen LogP contribution in [0.1, 0.15) is 71.7 Å². The van der Waals surface area contributed by atoms with Gasteiger partial charge in [0.15, 0.2) is 5.65 Å². The van der Waals surface area contributed by atoms with Crippen LogP contribution in [0.25, 0.3) is 22.3 Å². The van der Waals surface area contributed by atoms with Crippen molar-refractivity contribution < 1.29 is 47.7 Å². The Balaban J connectivity index is 0.687. The lowest BCUT2D eigenvalue weighted by atomic mass is 10.0. The molecule has 66 heavy (non-hydrogen) atoms. The first kappa shape index (κ1) is 45.5. The molecule has 0 aliphatic carbocycles. The lowest BCUT2D eigenvalue weighted by molar-refractivity contribution is -0.136. The Bertz CT molecular complexity index is 2570. The van der Waals surface area contributed by atoms with E-state index in [0.29, 0.717) is 74.4 Å². The Morgan fingerprint density at radius 1 is 0.803 bits per heavy atom. The van der Waals surface area contributed by atoms with Crippen molar-refractivity contribution in [3.05, 3.63) is 102 Å². The normalized spacial score (nSPS) is 17.5. The number of allylic oxidation sites excluding steroid dienone is 1. The van der Waals surface area contributed by atoms with Crippen LogP contribution in [0.4, 0.5) is 5.82 Å². The molecular weight excluding hydrogens is 849 g/mol. The summed E-state index contributed by atoms with van der Waals surface area (Å²) in [5.41, 5.74) is 8.81. The molecule has 2 aromatic heterocycles. The lowest BCUT2D eigenvalue weighted by Crippen LogP contribution is -2.54. The molecule has 2 unspecified atom stereocenters. The summed E-state index contributed by atoms with van der Waals surface area (Å²) in [6.45, 7) is 3.64. The van der Waals surface area contributed by atoms with E-state index in [1.807, 2.05) is 70.3 Å². The van der Waals surface area contributed by atoms with Gasteiger partial charge < -0.3 is 34.3 Å². The third kappa shape index (κ3) is 10.7. The highest BCUT2D eigenvalue weighted by atomic mass is 16.6. The number of anilines is 1. The number of hydrogen-bond donors (Lipinski definition) is 2. The highest BCUT2D eigenvalue weighted by Gasteiger charge is 2.46. The summed E-state index contributed by atoms with van der Waals surface area (Å²) in [5.74, 6) is -0.330. The number of rotatable bonds is 21. The summed E-state index contributed by atoms with van der Waals surface area (Å²) < 4.78 is 30.5. The number of fused-ring (bicyclic) bond motifs is 2. The van der Waals surface area contributed by atoms with E-state index >= 15 is 0 Å². The van der Waals surface area contributed by atoms with Gasteiger partial charge in [-0.25, -0.2) is 14.6 Å². The summed E-state index contributed by atoms with van der Waals surface area (Å²) in [4.78, 5) is 75.0. The number of imide groups is 2. The second-order valence-electron chi connectivity index (χ2n) is 16.0. The number of ether oxygens (including phenoxy) is 5. The van der Waals surface area contributed by atoms with E-state index in [-0.39, 0.29) is 54.9 Å². The number of amides is 5. The van der Waals surface area contributed by atoms with Crippen LogP contribution < -0.4 is 20.5 Å². The predicted molar refractivity (Wildman–Crippen MR) is 241 cm³/mol. The van der Waals surface area contributed by atoms with Crippen LogP contribution >= 0.6 is 0 Å². The Morgan fingerprint density at radius 3 is 2.32 bits per heavy atom. The van der Waals surface area contributed by atoms with Crippen molar-refractivity contribution in [2.75, 3.05) is 65.1 Å². The number of likely N-dealkylation sites (tertiary alicyclic amines) is 1. The summed E-state index contributed by atoms with van der Waals surface area (Å²) in [7, 11) is 0. The molecule has 2 atom stereocenters. The first-order valence-corrected chi connectivity index (χ1v) is 22.2. The predicted octanol–water partition coefficient (Wildman–Crippen LogP) is 5.29. The molecule has 0 radical (unpaired) electrons. The van der Waals surface area contributed by atoms with E-state index in [0.717, 1.165) is 48.3 Å². The molecule has 0 spiro atoms. The molecule has 2 fully saturated rings. The van der Waals surface area contributed by atoms with Gasteiger partial charge in [-0.05, 0) is 93.1 Å². The van der Waals surface area contributed by atoms with Crippen LogP contribution in [0.15, 0.2) is 91.3 Å². The van der Waals surface area contributed by atoms with Crippen molar-refractivity contribution in [2.45, 2.75) is 57.0 Å². The van der Waals surface area contributed by atoms with Crippen molar-refractivity contribution in [3.8, 4) is 28.5 Å². The second kappa shape index (κ2) is 21.8. The second-order valence-corrected chi connectivity index (χ2v) is 16.0. The zero-order chi connectivity index (χ0) is 45.8. The highest BCUT2D eigenvalue weighted by Crippen LogP contribution is 2.36. The van der Waals surface area contributed by atoms with E-state index in [1.165, 1.54) is 12.4 Å². The maximum Gasteiger partial charge on any atom is 0.266 e. The summed E-state index contributed by atoms with van der Waals surface area (Å²) in [6.07, 6.45) is 9.30. The standard InChI is InChI=1S/C48H52N8O10/c49-44-42-43(32-16-18-35(19-17-32)66-34-11-4-3-5-12-34)53-56(45(42)51-31-50-44)33-10-9-22-54(30-33)40(58)15-6-1-2-7-23-62-24-25-63-26-27-64-28-29-65-38-14-8-13-36-41(38)48(61)55(47(36)60)37-20-21-39(57)52-46(37)59/h3-6,8,11-19,31,33,37H,1-2,7,9-10,20-30H2,(H2,49,50,51)(H,52,57,59)/b15-6+. The van der Waals surface area contributed by atoms with E-state index in [1.54, 1.807) is 18.2 Å². The fourth-order valence-corrected chi connectivity index (χ4v) is 8.22. The summed E-state index contributed by atoms with van der Waals surface area (Å²) in [5, 5.41) is 7.88. The third-order valence-corrected chi connectivity index (χ3v) is 11.5. The minimum atomic E-state index is -1.05. The molecule has 5 amide bonds. The molecule has 3 aliphatic heterocycles. The zero-order valence-electron chi connectivity index (χ0n) is 36.5. The Labute approximate surface area is 381 Å². The summed E-state index contributed by atoms with van der Waals surface area (Å²) in [6, 6.07) is 20.8. The Morgan fingerprint density at radius 2 is 1.55 bits per heavy atom. The van der Waals surface area contributed by atoms with Gasteiger partial charge in [0, 0.05) is 31.7 Å². The van der Waals surface area contributed by atoms with Gasteiger partial charge in [0.25, 0.3) is 11.8 Å². The number of benzene rings is 3. The maximum atomic E-state index is 13.3.